The molecule has 2 heterocycles. The van der Waals surface area contributed by atoms with Crippen LogP contribution < -0.4 is 9.47 Å². The first-order valence-electron chi connectivity index (χ1n) is 7.70. The molecule has 6 heteroatoms. The number of carbonyl (C=O) groups is 2. The van der Waals surface area contributed by atoms with Gasteiger partial charge in [0.05, 0.1) is 0 Å². The molecule has 0 spiro atoms. The van der Waals surface area contributed by atoms with E-state index in [1.165, 1.54) is 6.08 Å². The summed E-state index contributed by atoms with van der Waals surface area (Å²) >= 11 is 0. The number of benzene rings is 1. The predicted molar refractivity (Wildman–Crippen MR) is 83.0 cm³/mol. The molecule has 0 radical (unpaired) electrons. The average Bonchev–Trinajstić information content (AvgIpc) is 3.22. The van der Waals surface area contributed by atoms with E-state index in [4.69, 9.17) is 14.2 Å². The Hall–Kier alpha value is -2.50. The van der Waals surface area contributed by atoms with Crippen molar-refractivity contribution in [2.75, 3.05) is 19.9 Å². The Morgan fingerprint density at radius 2 is 1.96 bits per heavy atom. The maximum absolute atomic E-state index is 12.1. The zero-order valence-electron chi connectivity index (χ0n) is 13.0. The quantitative estimate of drug-likeness (QED) is 0.627. The number of amides is 1. The third-order valence-electron chi connectivity index (χ3n) is 3.87. The van der Waals surface area contributed by atoms with Crippen LogP contribution >= 0.6 is 0 Å². The largest absolute Gasteiger partial charge is 0.454 e. The van der Waals surface area contributed by atoms with Crippen LogP contribution in [0.3, 0.4) is 0 Å². The summed E-state index contributed by atoms with van der Waals surface area (Å²) in [6.45, 7) is 3.30. The highest BCUT2D eigenvalue weighted by Crippen LogP contribution is 2.32. The summed E-state index contributed by atoms with van der Waals surface area (Å²) in [4.78, 5) is 25.7. The first-order chi connectivity index (χ1) is 11.1. The van der Waals surface area contributed by atoms with E-state index in [2.05, 4.69) is 0 Å². The Labute approximate surface area is 134 Å². The predicted octanol–water partition coefficient (Wildman–Crippen LogP) is 1.98. The minimum atomic E-state index is -0.762. The van der Waals surface area contributed by atoms with Gasteiger partial charge in [-0.3, -0.25) is 4.79 Å². The summed E-state index contributed by atoms with van der Waals surface area (Å²) in [5.74, 6) is 0.669. The van der Waals surface area contributed by atoms with Crippen LogP contribution in [0.1, 0.15) is 25.3 Å². The van der Waals surface area contributed by atoms with E-state index in [0.29, 0.717) is 11.5 Å². The van der Waals surface area contributed by atoms with Crippen LogP contribution in [-0.2, 0) is 14.3 Å². The van der Waals surface area contributed by atoms with Gasteiger partial charge < -0.3 is 19.1 Å². The van der Waals surface area contributed by atoms with Gasteiger partial charge in [-0.05, 0) is 43.5 Å². The van der Waals surface area contributed by atoms with Gasteiger partial charge in [-0.1, -0.05) is 6.07 Å². The fraction of sp³-hybridized carbons (Fsp3) is 0.412. The van der Waals surface area contributed by atoms with Crippen LogP contribution in [-0.4, -0.2) is 42.8 Å². The number of ether oxygens (including phenoxy) is 3. The minimum absolute atomic E-state index is 0.132. The summed E-state index contributed by atoms with van der Waals surface area (Å²) in [7, 11) is 0. The Bertz CT molecular complexity index is 634. The summed E-state index contributed by atoms with van der Waals surface area (Å²) in [5.41, 5.74) is 0.796. The molecule has 3 rings (SSSR count). The zero-order valence-corrected chi connectivity index (χ0v) is 13.0. The normalized spacial score (nSPS) is 17.5. The lowest BCUT2D eigenvalue weighted by Crippen LogP contribution is -2.37. The molecule has 6 nitrogen and oxygen atoms in total. The van der Waals surface area contributed by atoms with Crippen molar-refractivity contribution in [3.63, 3.8) is 0 Å². The molecule has 1 amide bonds. The highest BCUT2D eigenvalue weighted by Gasteiger charge is 2.25. The number of likely N-dealkylation sites (tertiary alicyclic amines) is 1. The topological polar surface area (TPSA) is 65.1 Å². The van der Waals surface area contributed by atoms with E-state index < -0.39 is 12.1 Å². The van der Waals surface area contributed by atoms with E-state index in [1.807, 2.05) is 6.07 Å². The second kappa shape index (κ2) is 6.73. The van der Waals surface area contributed by atoms with Gasteiger partial charge in [0.25, 0.3) is 5.91 Å². The van der Waals surface area contributed by atoms with Gasteiger partial charge in [-0.25, -0.2) is 4.79 Å². The number of esters is 1. The van der Waals surface area contributed by atoms with E-state index in [0.717, 1.165) is 31.5 Å². The van der Waals surface area contributed by atoms with Crippen LogP contribution in [0.2, 0.25) is 0 Å². The second-order valence-corrected chi connectivity index (χ2v) is 5.56. The smallest absolute Gasteiger partial charge is 0.331 e. The van der Waals surface area contributed by atoms with Crippen molar-refractivity contribution in [1.82, 2.24) is 4.90 Å². The molecule has 23 heavy (non-hydrogen) atoms. The fourth-order valence-electron chi connectivity index (χ4n) is 2.64. The van der Waals surface area contributed by atoms with Crippen molar-refractivity contribution in [3.05, 3.63) is 29.8 Å². The lowest BCUT2D eigenvalue weighted by molar-refractivity contribution is -0.154. The molecule has 2 aliphatic rings. The van der Waals surface area contributed by atoms with Gasteiger partial charge in [0.1, 0.15) is 0 Å². The SMILES string of the molecule is CC(OC(=O)/C=C/c1ccc2c(c1)OCO2)C(=O)N1CCCC1. The molecule has 1 atom stereocenters. The first kappa shape index (κ1) is 15.4. The number of hydrogen-bond acceptors (Lipinski definition) is 5. The van der Waals surface area contributed by atoms with Crippen LogP contribution in [0.25, 0.3) is 6.08 Å². The van der Waals surface area contributed by atoms with Crippen LogP contribution in [0.5, 0.6) is 11.5 Å². The number of carbonyl (C=O) groups excluding carboxylic acids is 2. The summed E-state index contributed by atoms with van der Waals surface area (Å²) < 4.78 is 15.7. The Balaban J connectivity index is 1.55. The molecule has 0 aliphatic carbocycles. The second-order valence-electron chi connectivity index (χ2n) is 5.56. The zero-order chi connectivity index (χ0) is 16.2. The van der Waals surface area contributed by atoms with E-state index >= 15 is 0 Å². The Morgan fingerprint density at radius 1 is 1.22 bits per heavy atom. The number of nitrogens with zero attached hydrogens (tertiary/aromatic N) is 1. The molecule has 1 saturated heterocycles. The van der Waals surface area contributed by atoms with Crippen LogP contribution in [0.15, 0.2) is 24.3 Å². The summed E-state index contributed by atoms with van der Waals surface area (Å²) in [6, 6.07) is 5.38. The first-order valence-corrected chi connectivity index (χ1v) is 7.70. The van der Waals surface area contributed by atoms with Gasteiger partial charge >= 0.3 is 5.97 Å². The van der Waals surface area contributed by atoms with Crippen LogP contribution in [0, 0.1) is 0 Å². The molecule has 1 fully saturated rings. The number of hydrogen-bond donors (Lipinski definition) is 0. The van der Waals surface area contributed by atoms with Gasteiger partial charge in [0.2, 0.25) is 6.79 Å². The highest BCUT2D eigenvalue weighted by molar-refractivity contribution is 5.90. The Morgan fingerprint density at radius 3 is 2.74 bits per heavy atom. The molecule has 1 aromatic carbocycles. The average molecular weight is 317 g/mol. The molecule has 1 aromatic rings. The van der Waals surface area contributed by atoms with Crippen molar-refractivity contribution in [1.29, 1.82) is 0 Å². The van der Waals surface area contributed by atoms with Gasteiger partial charge in [-0.2, -0.15) is 0 Å². The van der Waals surface area contributed by atoms with Gasteiger partial charge in [-0.15, -0.1) is 0 Å². The third-order valence-corrected chi connectivity index (χ3v) is 3.87. The van der Waals surface area contributed by atoms with Crippen molar-refractivity contribution in [2.45, 2.75) is 25.9 Å². The Kier molecular flexibility index (Phi) is 4.50. The molecule has 0 N–H and O–H groups in total. The van der Waals surface area contributed by atoms with E-state index in [9.17, 15) is 9.59 Å². The lowest BCUT2D eigenvalue weighted by Gasteiger charge is -2.19. The molecule has 0 aromatic heterocycles. The highest BCUT2D eigenvalue weighted by atomic mass is 16.7. The maximum atomic E-state index is 12.1. The maximum Gasteiger partial charge on any atom is 0.331 e. The standard InChI is InChI=1S/C17H19NO5/c1-12(17(20)18-8-2-3-9-18)23-16(19)7-5-13-4-6-14-15(10-13)22-11-21-14/h4-7,10,12H,2-3,8-9,11H2,1H3/b7-5+. The van der Waals surface area contributed by atoms with Crippen molar-refractivity contribution in [2.24, 2.45) is 0 Å². The van der Waals surface area contributed by atoms with Gasteiger partial charge in [0, 0.05) is 19.2 Å². The van der Waals surface area contributed by atoms with Crippen molar-refractivity contribution in [3.8, 4) is 11.5 Å². The third kappa shape index (κ3) is 3.64. The molecule has 0 bridgehead atoms. The molecule has 0 saturated carbocycles. The van der Waals surface area contributed by atoms with Gasteiger partial charge in [0.15, 0.2) is 17.6 Å². The monoisotopic (exact) mass is 317 g/mol. The molecule has 1 unspecified atom stereocenters. The lowest BCUT2D eigenvalue weighted by atomic mass is 10.2. The van der Waals surface area contributed by atoms with Crippen molar-refractivity contribution < 1.29 is 23.8 Å². The van der Waals surface area contributed by atoms with E-state index in [-0.39, 0.29) is 12.7 Å². The molecular formula is C17H19NO5. The van der Waals surface area contributed by atoms with Crippen LogP contribution in [0.4, 0.5) is 0 Å². The number of rotatable bonds is 4. The fourth-order valence-corrected chi connectivity index (χ4v) is 2.64. The number of fused-ring (bicyclic) bond motifs is 1. The van der Waals surface area contributed by atoms with Crippen molar-refractivity contribution >= 4 is 18.0 Å². The summed E-state index contributed by atoms with van der Waals surface area (Å²) in [6.07, 6.45) is 4.19. The molecular weight excluding hydrogens is 298 g/mol. The molecule has 2 aliphatic heterocycles. The van der Waals surface area contributed by atoms with E-state index in [1.54, 1.807) is 30.0 Å². The minimum Gasteiger partial charge on any atom is -0.454 e. The summed E-state index contributed by atoms with van der Waals surface area (Å²) in [5, 5.41) is 0. The molecule has 122 valence electrons.